The Morgan fingerprint density at radius 3 is 3.08 bits per heavy atom. The molecule has 1 fully saturated rings. The summed E-state index contributed by atoms with van der Waals surface area (Å²) < 4.78 is 5.81. The third-order valence-corrected chi connectivity index (χ3v) is 4.13. The molecule has 126 valence electrons. The normalized spacial score (nSPS) is 17.5. The Bertz CT molecular complexity index is 678. The fraction of sp³-hybridized carbons (Fsp3) is 0.389. The second kappa shape index (κ2) is 7.88. The van der Waals surface area contributed by atoms with Crippen molar-refractivity contribution in [1.82, 2.24) is 14.9 Å². The van der Waals surface area contributed by atoms with Gasteiger partial charge in [-0.3, -0.25) is 9.78 Å². The van der Waals surface area contributed by atoms with E-state index in [9.17, 15) is 4.79 Å². The Labute approximate surface area is 141 Å². The number of carbonyl (C=O) groups is 1. The Balaban J connectivity index is 1.59. The molecule has 0 aliphatic carbocycles. The van der Waals surface area contributed by atoms with E-state index in [1.165, 1.54) is 0 Å². The van der Waals surface area contributed by atoms with Crippen LogP contribution in [-0.2, 0) is 16.0 Å². The summed E-state index contributed by atoms with van der Waals surface area (Å²) in [6, 6.07) is 9.68. The first-order valence-electron chi connectivity index (χ1n) is 8.19. The van der Waals surface area contributed by atoms with Gasteiger partial charge in [-0.15, -0.1) is 0 Å². The summed E-state index contributed by atoms with van der Waals surface area (Å²) in [7, 11) is 1.84. The van der Waals surface area contributed by atoms with Crippen LogP contribution in [0.1, 0.15) is 23.8 Å². The van der Waals surface area contributed by atoms with Crippen LogP contribution in [0.4, 0.5) is 5.82 Å². The number of nitrogens with one attached hydrogen (secondary N) is 1. The molecule has 6 nitrogen and oxygen atoms in total. The van der Waals surface area contributed by atoms with Crippen LogP contribution in [0.25, 0.3) is 0 Å². The van der Waals surface area contributed by atoms with E-state index in [2.05, 4.69) is 15.3 Å². The van der Waals surface area contributed by atoms with Gasteiger partial charge in [0.2, 0.25) is 5.91 Å². The molecular formula is C18H22N4O2. The van der Waals surface area contributed by atoms with E-state index in [1.807, 2.05) is 48.5 Å². The van der Waals surface area contributed by atoms with Crippen molar-refractivity contribution in [2.24, 2.45) is 0 Å². The first-order valence-corrected chi connectivity index (χ1v) is 8.19. The number of rotatable bonds is 5. The number of morpholine rings is 1. The molecule has 1 aliphatic rings. The van der Waals surface area contributed by atoms with Gasteiger partial charge < -0.3 is 15.0 Å². The second-order valence-corrected chi connectivity index (χ2v) is 5.76. The lowest BCUT2D eigenvalue weighted by Crippen LogP contribution is -2.42. The summed E-state index contributed by atoms with van der Waals surface area (Å²) in [6.07, 6.45) is 4.58. The fourth-order valence-corrected chi connectivity index (χ4v) is 2.78. The molecule has 3 heterocycles. The number of nitrogens with zero attached hydrogens (tertiary/aromatic N) is 3. The molecule has 1 aliphatic heterocycles. The van der Waals surface area contributed by atoms with Crippen LogP contribution >= 0.6 is 0 Å². The van der Waals surface area contributed by atoms with Crippen molar-refractivity contribution < 1.29 is 9.53 Å². The van der Waals surface area contributed by atoms with Crippen LogP contribution in [0.5, 0.6) is 0 Å². The average molecular weight is 326 g/mol. The van der Waals surface area contributed by atoms with Crippen LogP contribution in [-0.4, -0.2) is 47.5 Å². The highest BCUT2D eigenvalue weighted by Crippen LogP contribution is 2.22. The lowest BCUT2D eigenvalue weighted by molar-refractivity contribution is -0.139. The maximum absolute atomic E-state index is 12.5. The summed E-state index contributed by atoms with van der Waals surface area (Å²) in [5.41, 5.74) is 1.94. The minimum absolute atomic E-state index is 0.150. The maximum Gasteiger partial charge on any atom is 0.223 e. The van der Waals surface area contributed by atoms with Gasteiger partial charge >= 0.3 is 0 Å². The molecule has 0 aromatic carbocycles. The molecule has 0 spiro atoms. The Morgan fingerprint density at radius 2 is 2.29 bits per heavy atom. The van der Waals surface area contributed by atoms with Gasteiger partial charge in [-0.25, -0.2) is 4.98 Å². The molecule has 6 heteroatoms. The summed E-state index contributed by atoms with van der Waals surface area (Å²) in [6.45, 7) is 1.72. The fourth-order valence-electron chi connectivity index (χ4n) is 2.78. The zero-order valence-corrected chi connectivity index (χ0v) is 13.8. The van der Waals surface area contributed by atoms with Crippen molar-refractivity contribution in [2.75, 3.05) is 32.1 Å². The third-order valence-electron chi connectivity index (χ3n) is 4.13. The van der Waals surface area contributed by atoms with Crippen LogP contribution < -0.4 is 5.32 Å². The minimum atomic E-state index is -0.172. The average Bonchev–Trinajstić information content (AvgIpc) is 2.67. The van der Waals surface area contributed by atoms with Gasteiger partial charge in [-0.1, -0.05) is 12.1 Å². The standard InChI is InChI=1S/C18H22N4O2/c1-19-17-6-2-5-15(21-17)16-13-22(10-11-24-16)18(23)8-7-14-4-3-9-20-12-14/h2-6,9,12,16H,7-8,10-11,13H2,1H3,(H,19,21)/t16-/m0/s1. The predicted molar refractivity (Wildman–Crippen MR) is 91.6 cm³/mol. The third kappa shape index (κ3) is 4.08. The zero-order valence-electron chi connectivity index (χ0n) is 13.8. The van der Waals surface area contributed by atoms with Crippen LogP contribution in [0.2, 0.25) is 0 Å². The highest BCUT2D eigenvalue weighted by molar-refractivity contribution is 5.76. The molecule has 24 heavy (non-hydrogen) atoms. The number of hydrogen-bond acceptors (Lipinski definition) is 5. The molecule has 1 atom stereocenters. The van der Waals surface area contributed by atoms with Crippen molar-refractivity contribution >= 4 is 11.7 Å². The number of carbonyl (C=O) groups excluding carboxylic acids is 1. The summed E-state index contributed by atoms with van der Waals surface area (Å²) >= 11 is 0. The van der Waals surface area contributed by atoms with Crippen LogP contribution in [0, 0.1) is 0 Å². The number of hydrogen-bond donors (Lipinski definition) is 1. The number of aromatic nitrogens is 2. The van der Waals surface area contributed by atoms with Crippen molar-refractivity contribution in [1.29, 1.82) is 0 Å². The van der Waals surface area contributed by atoms with Crippen LogP contribution in [0.15, 0.2) is 42.7 Å². The quantitative estimate of drug-likeness (QED) is 0.911. The van der Waals surface area contributed by atoms with Crippen LogP contribution in [0.3, 0.4) is 0 Å². The minimum Gasteiger partial charge on any atom is -0.373 e. The molecule has 0 bridgehead atoms. The molecule has 1 N–H and O–H groups in total. The maximum atomic E-state index is 12.5. The van der Waals surface area contributed by atoms with Gasteiger partial charge in [0.1, 0.15) is 11.9 Å². The van der Waals surface area contributed by atoms with Gasteiger partial charge in [0.15, 0.2) is 0 Å². The lowest BCUT2D eigenvalue weighted by atomic mass is 10.1. The first kappa shape index (κ1) is 16.4. The molecule has 3 rings (SSSR count). The topological polar surface area (TPSA) is 67.4 Å². The van der Waals surface area contributed by atoms with Gasteiger partial charge in [-0.05, 0) is 30.2 Å². The largest absolute Gasteiger partial charge is 0.373 e. The zero-order chi connectivity index (χ0) is 16.8. The molecule has 0 radical (unpaired) electrons. The van der Waals surface area contributed by atoms with Crippen molar-refractivity contribution in [2.45, 2.75) is 18.9 Å². The Kier molecular flexibility index (Phi) is 5.38. The molecule has 1 saturated heterocycles. The molecule has 1 amide bonds. The summed E-state index contributed by atoms with van der Waals surface area (Å²) in [4.78, 5) is 23.0. The van der Waals surface area contributed by atoms with E-state index in [4.69, 9.17) is 4.74 Å². The van der Waals surface area contributed by atoms with Gasteiger partial charge in [0.25, 0.3) is 0 Å². The van der Waals surface area contributed by atoms with Crippen molar-refractivity contribution in [3.8, 4) is 0 Å². The van der Waals surface area contributed by atoms with E-state index >= 15 is 0 Å². The number of amides is 1. The SMILES string of the molecule is CNc1cccc([C@@H]2CN(C(=O)CCc3cccnc3)CCO2)n1. The summed E-state index contributed by atoms with van der Waals surface area (Å²) in [5, 5.41) is 3.03. The number of ether oxygens (including phenoxy) is 1. The van der Waals surface area contributed by atoms with Crippen molar-refractivity contribution in [3.63, 3.8) is 0 Å². The molecule has 0 unspecified atom stereocenters. The molecule has 2 aromatic heterocycles. The number of aryl methyl sites for hydroxylation is 1. The van der Waals surface area contributed by atoms with E-state index in [-0.39, 0.29) is 12.0 Å². The monoisotopic (exact) mass is 326 g/mol. The number of anilines is 1. The highest BCUT2D eigenvalue weighted by Gasteiger charge is 2.26. The lowest BCUT2D eigenvalue weighted by Gasteiger charge is -2.33. The predicted octanol–water partition coefficient (Wildman–Crippen LogP) is 2.05. The first-order chi connectivity index (χ1) is 11.8. The van der Waals surface area contributed by atoms with Gasteiger partial charge in [0, 0.05) is 32.4 Å². The van der Waals surface area contributed by atoms with Crippen molar-refractivity contribution in [3.05, 3.63) is 54.0 Å². The van der Waals surface area contributed by atoms with Gasteiger partial charge in [0.05, 0.1) is 18.8 Å². The second-order valence-electron chi connectivity index (χ2n) is 5.76. The smallest absolute Gasteiger partial charge is 0.223 e. The molecule has 0 saturated carbocycles. The molecular weight excluding hydrogens is 304 g/mol. The van der Waals surface area contributed by atoms with E-state index < -0.39 is 0 Å². The molecule has 2 aromatic rings. The number of pyridine rings is 2. The Hall–Kier alpha value is -2.47. The summed E-state index contributed by atoms with van der Waals surface area (Å²) in [5.74, 6) is 0.952. The van der Waals surface area contributed by atoms with Gasteiger partial charge in [-0.2, -0.15) is 0 Å². The highest BCUT2D eigenvalue weighted by atomic mass is 16.5. The van der Waals surface area contributed by atoms with E-state index in [0.29, 0.717) is 32.5 Å². The van der Waals surface area contributed by atoms with E-state index in [0.717, 1.165) is 17.1 Å². The van der Waals surface area contributed by atoms with E-state index in [1.54, 1.807) is 6.20 Å². The Morgan fingerprint density at radius 1 is 1.38 bits per heavy atom.